The highest BCUT2D eigenvalue weighted by Crippen LogP contribution is 2.25. The molecule has 2 unspecified atom stereocenters. The number of thiazole rings is 1. The smallest absolute Gasteiger partial charge is 0.317 e. The summed E-state index contributed by atoms with van der Waals surface area (Å²) in [6.45, 7) is 3.08. The van der Waals surface area contributed by atoms with Crippen LogP contribution >= 0.6 is 11.3 Å². The van der Waals surface area contributed by atoms with E-state index in [0.717, 1.165) is 29.8 Å². The fourth-order valence-corrected chi connectivity index (χ4v) is 3.17. The largest absolute Gasteiger partial charge is 0.393 e. The number of amides is 2. The Labute approximate surface area is 117 Å². The van der Waals surface area contributed by atoms with E-state index in [9.17, 15) is 9.90 Å². The van der Waals surface area contributed by atoms with Crippen LogP contribution in [0.4, 0.5) is 4.79 Å². The lowest BCUT2D eigenvalue weighted by atomic mass is 10.1. The van der Waals surface area contributed by atoms with Gasteiger partial charge in [-0.3, -0.25) is 0 Å². The molecule has 0 bridgehead atoms. The summed E-state index contributed by atoms with van der Waals surface area (Å²) in [6, 6.07) is -0.0908. The van der Waals surface area contributed by atoms with Gasteiger partial charge in [-0.1, -0.05) is 6.42 Å². The van der Waals surface area contributed by atoms with Gasteiger partial charge in [-0.25, -0.2) is 9.78 Å². The van der Waals surface area contributed by atoms with E-state index >= 15 is 0 Å². The normalized spacial score (nSPS) is 22.5. The van der Waals surface area contributed by atoms with Gasteiger partial charge in [-0.15, -0.1) is 11.3 Å². The summed E-state index contributed by atoms with van der Waals surface area (Å²) in [4.78, 5) is 18.9. The summed E-state index contributed by atoms with van der Waals surface area (Å²) in [5.41, 5.74) is 2.76. The first-order chi connectivity index (χ1) is 9.08. The highest BCUT2D eigenvalue weighted by molar-refractivity contribution is 7.09. The van der Waals surface area contributed by atoms with Gasteiger partial charge < -0.3 is 15.3 Å². The van der Waals surface area contributed by atoms with Gasteiger partial charge in [0.05, 0.1) is 23.9 Å². The van der Waals surface area contributed by atoms with Gasteiger partial charge in [-0.05, 0) is 19.8 Å². The maximum Gasteiger partial charge on any atom is 0.317 e. The van der Waals surface area contributed by atoms with E-state index in [2.05, 4.69) is 10.3 Å². The Balaban J connectivity index is 1.77. The number of hydrogen-bond donors (Lipinski definition) is 2. The van der Waals surface area contributed by atoms with E-state index in [4.69, 9.17) is 0 Å². The Morgan fingerprint density at radius 2 is 2.42 bits per heavy atom. The van der Waals surface area contributed by atoms with Crippen molar-refractivity contribution >= 4 is 17.4 Å². The quantitative estimate of drug-likeness (QED) is 0.885. The third-order valence-electron chi connectivity index (χ3n) is 3.72. The number of urea groups is 1. The molecular formula is C13H21N3O2S. The summed E-state index contributed by atoms with van der Waals surface area (Å²) in [7, 11) is 1.78. The molecule has 1 aliphatic carbocycles. The monoisotopic (exact) mass is 283 g/mol. The number of carbonyl (C=O) groups excluding carboxylic acids is 1. The van der Waals surface area contributed by atoms with Crippen LogP contribution in [0.2, 0.25) is 0 Å². The molecule has 19 heavy (non-hydrogen) atoms. The Morgan fingerprint density at radius 3 is 3.00 bits per heavy atom. The Hall–Kier alpha value is -1.14. The molecule has 0 aliphatic heterocycles. The second-order valence-electron chi connectivity index (χ2n) is 5.16. The van der Waals surface area contributed by atoms with Crippen LogP contribution in [0.1, 0.15) is 29.8 Å². The molecular weight excluding hydrogens is 262 g/mol. The molecule has 0 aromatic carbocycles. The van der Waals surface area contributed by atoms with E-state index in [1.807, 2.05) is 6.92 Å². The fraction of sp³-hybridized carbons (Fsp3) is 0.692. The number of aryl methyl sites for hydroxylation is 1. The van der Waals surface area contributed by atoms with Crippen molar-refractivity contribution in [2.45, 2.75) is 38.8 Å². The predicted molar refractivity (Wildman–Crippen MR) is 75.1 cm³/mol. The molecule has 1 aromatic rings. The third kappa shape index (κ3) is 3.67. The number of aromatic nitrogens is 1. The summed E-state index contributed by atoms with van der Waals surface area (Å²) in [6.07, 6.45) is 2.67. The molecule has 2 atom stereocenters. The number of carbonyl (C=O) groups is 1. The van der Waals surface area contributed by atoms with Crippen molar-refractivity contribution in [1.29, 1.82) is 0 Å². The fourth-order valence-electron chi connectivity index (χ4n) is 2.45. The van der Waals surface area contributed by atoms with E-state index in [1.54, 1.807) is 28.8 Å². The molecule has 1 aliphatic rings. The standard InChI is InChI=1S/C13H21N3O2S/c1-9-12(19-8-15-9)6-14-13(18)16(2)7-10-4-3-5-11(10)17/h8,10-11,17H,3-7H2,1-2H3,(H,14,18). The zero-order chi connectivity index (χ0) is 13.8. The molecule has 106 valence electrons. The highest BCUT2D eigenvalue weighted by Gasteiger charge is 2.27. The first-order valence-corrected chi connectivity index (χ1v) is 7.52. The van der Waals surface area contributed by atoms with Crippen molar-refractivity contribution in [2.75, 3.05) is 13.6 Å². The van der Waals surface area contributed by atoms with E-state index in [0.29, 0.717) is 13.1 Å². The van der Waals surface area contributed by atoms with Crippen molar-refractivity contribution in [3.05, 3.63) is 16.1 Å². The van der Waals surface area contributed by atoms with Gasteiger partial charge in [0.1, 0.15) is 0 Å². The van der Waals surface area contributed by atoms with Crippen molar-refractivity contribution < 1.29 is 9.90 Å². The van der Waals surface area contributed by atoms with E-state index < -0.39 is 0 Å². The average Bonchev–Trinajstić information content (AvgIpc) is 2.96. The maximum absolute atomic E-state index is 12.0. The minimum absolute atomic E-state index is 0.0908. The Kier molecular flexibility index (Phi) is 4.76. The van der Waals surface area contributed by atoms with Crippen LogP contribution in [-0.4, -0.2) is 40.7 Å². The summed E-state index contributed by atoms with van der Waals surface area (Å²) in [5, 5.41) is 12.7. The molecule has 0 saturated heterocycles. The van der Waals surface area contributed by atoms with Crippen LogP contribution in [0, 0.1) is 12.8 Å². The van der Waals surface area contributed by atoms with Crippen LogP contribution in [0.15, 0.2) is 5.51 Å². The SMILES string of the molecule is Cc1ncsc1CNC(=O)N(C)CC1CCCC1O. The topological polar surface area (TPSA) is 65.5 Å². The van der Waals surface area contributed by atoms with Gasteiger partial charge in [-0.2, -0.15) is 0 Å². The third-order valence-corrected chi connectivity index (χ3v) is 4.65. The minimum atomic E-state index is -0.251. The molecule has 0 spiro atoms. The number of aliphatic hydroxyl groups excluding tert-OH is 1. The Morgan fingerprint density at radius 1 is 1.63 bits per heavy atom. The van der Waals surface area contributed by atoms with Crippen molar-refractivity contribution in [3.8, 4) is 0 Å². The summed E-state index contributed by atoms with van der Waals surface area (Å²) in [5.74, 6) is 0.223. The minimum Gasteiger partial charge on any atom is -0.393 e. The van der Waals surface area contributed by atoms with E-state index in [1.165, 1.54) is 0 Å². The van der Waals surface area contributed by atoms with Crippen LogP contribution < -0.4 is 5.32 Å². The van der Waals surface area contributed by atoms with Gasteiger partial charge in [0.2, 0.25) is 0 Å². The van der Waals surface area contributed by atoms with Gasteiger partial charge in [0.25, 0.3) is 0 Å². The molecule has 1 aromatic heterocycles. The van der Waals surface area contributed by atoms with Crippen LogP contribution in [0.3, 0.4) is 0 Å². The second-order valence-corrected chi connectivity index (χ2v) is 6.10. The molecule has 2 N–H and O–H groups in total. The van der Waals surface area contributed by atoms with Crippen molar-refractivity contribution in [2.24, 2.45) is 5.92 Å². The molecule has 2 amide bonds. The molecule has 1 fully saturated rings. The van der Waals surface area contributed by atoms with E-state index in [-0.39, 0.29) is 18.1 Å². The highest BCUT2D eigenvalue weighted by atomic mass is 32.1. The van der Waals surface area contributed by atoms with Crippen LogP contribution in [0.25, 0.3) is 0 Å². The van der Waals surface area contributed by atoms with Crippen molar-refractivity contribution in [1.82, 2.24) is 15.2 Å². The van der Waals surface area contributed by atoms with Crippen molar-refractivity contribution in [3.63, 3.8) is 0 Å². The van der Waals surface area contributed by atoms with Crippen LogP contribution in [0.5, 0.6) is 0 Å². The second kappa shape index (κ2) is 6.34. The molecule has 2 rings (SSSR count). The summed E-state index contributed by atoms with van der Waals surface area (Å²) < 4.78 is 0. The molecule has 0 radical (unpaired) electrons. The molecule has 6 heteroatoms. The molecule has 1 heterocycles. The number of nitrogens with one attached hydrogen (secondary N) is 1. The number of aliphatic hydroxyl groups is 1. The number of hydrogen-bond acceptors (Lipinski definition) is 4. The molecule has 5 nitrogen and oxygen atoms in total. The van der Waals surface area contributed by atoms with Crippen LogP contribution in [-0.2, 0) is 6.54 Å². The van der Waals surface area contributed by atoms with Gasteiger partial charge >= 0.3 is 6.03 Å². The summed E-state index contributed by atoms with van der Waals surface area (Å²) >= 11 is 1.55. The Bertz CT molecular complexity index is 435. The van der Waals surface area contributed by atoms with Gasteiger partial charge in [0, 0.05) is 24.4 Å². The predicted octanol–water partition coefficient (Wildman–Crippen LogP) is 1.75. The first-order valence-electron chi connectivity index (χ1n) is 6.64. The lowest BCUT2D eigenvalue weighted by molar-refractivity contribution is 0.114. The lowest BCUT2D eigenvalue weighted by Gasteiger charge is -2.23. The number of rotatable bonds is 4. The zero-order valence-corrected chi connectivity index (χ0v) is 12.2. The number of nitrogens with zero attached hydrogens (tertiary/aromatic N) is 2. The molecule has 1 saturated carbocycles. The average molecular weight is 283 g/mol. The first kappa shape index (κ1) is 14.3. The van der Waals surface area contributed by atoms with Gasteiger partial charge in [0.15, 0.2) is 0 Å². The zero-order valence-electron chi connectivity index (χ0n) is 11.4. The lowest BCUT2D eigenvalue weighted by Crippen LogP contribution is -2.40. The maximum atomic E-state index is 12.0.